The van der Waals surface area contributed by atoms with Gasteiger partial charge in [-0.05, 0) is 6.07 Å². The fraction of sp³-hybridized carbons (Fsp3) is 0.583. The average Bonchev–Trinajstić information content (AvgIpc) is 2.70. The van der Waals surface area contributed by atoms with Crippen molar-refractivity contribution in [2.75, 3.05) is 45.1 Å². The molecule has 6 nitrogen and oxygen atoms in total. The Bertz CT molecular complexity index is 410. The van der Waals surface area contributed by atoms with Gasteiger partial charge in [-0.2, -0.15) is 0 Å². The number of hydrogen-bond acceptors (Lipinski definition) is 4. The lowest BCUT2D eigenvalue weighted by Gasteiger charge is -2.26. The summed E-state index contributed by atoms with van der Waals surface area (Å²) in [6.07, 6.45) is 1.73. The van der Waals surface area contributed by atoms with Gasteiger partial charge in [0.25, 0.3) is 5.91 Å². The van der Waals surface area contributed by atoms with Gasteiger partial charge < -0.3 is 20.4 Å². The molecule has 1 saturated heterocycles. The molecule has 1 fully saturated rings. The van der Waals surface area contributed by atoms with E-state index in [9.17, 15) is 4.79 Å². The molecule has 0 saturated carbocycles. The van der Waals surface area contributed by atoms with Gasteiger partial charge >= 0.3 is 0 Å². The molecule has 1 aliphatic heterocycles. The largest absolute Gasteiger partial charge is 0.397 e. The molecule has 0 spiro atoms. The number of aryl methyl sites for hydroxylation is 1. The standard InChI is InChI=1S/C12H20N4O2/c1-15-9-10(13)8-11(15)12(17)14-2-3-16-4-6-18-7-5-16/h8-9H,2-7,13H2,1H3,(H,14,17). The van der Waals surface area contributed by atoms with E-state index in [1.165, 1.54) is 0 Å². The molecule has 100 valence electrons. The van der Waals surface area contributed by atoms with Gasteiger partial charge in [-0.1, -0.05) is 0 Å². The molecule has 1 amide bonds. The van der Waals surface area contributed by atoms with E-state index in [0.717, 1.165) is 32.8 Å². The van der Waals surface area contributed by atoms with Crippen molar-refractivity contribution in [1.82, 2.24) is 14.8 Å². The van der Waals surface area contributed by atoms with Crippen LogP contribution in [0.15, 0.2) is 12.3 Å². The number of nitrogens with zero attached hydrogens (tertiary/aromatic N) is 2. The Morgan fingerprint density at radius 2 is 2.22 bits per heavy atom. The lowest BCUT2D eigenvalue weighted by molar-refractivity contribution is 0.0383. The van der Waals surface area contributed by atoms with Gasteiger partial charge in [0.05, 0.1) is 18.9 Å². The summed E-state index contributed by atoms with van der Waals surface area (Å²) in [5.74, 6) is -0.0811. The van der Waals surface area contributed by atoms with Crippen LogP contribution < -0.4 is 11.1 Å². The van der Waals surface area contributed by atoms with Gasteiger partial charge in [-0.3, -0.25) is 9.69 Å². The minimum Gasteiger partial charge on any atom is -0.397 e. The first-order valence-corrected chi connectivity index (χ1v) is 6.17. The van der Waals surface area contributed by atoms with Crippen molar-refractivity contribution < 1.29 is 9.53 Å². The van der Waals surface area contributed by atoms with E-state index < -0.39 is 0 Å². The molecular weight excluding hydrogens is 232 g/mol. The number of amides is 1. The van der Waals surface area contributed by atoms with E-state index in [1.54, 1.807) is 16.8 Å². The predicted molar refractivity (Wildman–Crippen MR) is 69.4 cm³/mol. The number of morpholine rings is 1. The fourth-order valence-electron chi connectivity index (χ4n) is 2.06. The zero-order valence-electron chi connectivity index (χ0n) is 10.7. The van der Waals surface area contributed by atoms with Crippen LogP contribution in [0.3, 0.4) is 0 Å². The minimum absolute atomic E-state index is 0.0811. The quantitative estimate of drug-likeness (QED) is 0.769. The Labute approximate surface area is 107 Å². The molecule has 2 heterocycles. The van der Waals surface area contributed by atoms with Gasteiger partial charge in [-0.25, -0.2) is 0 Å². The maximum atomic E-state index is 11.9. The van der Waals surface area contributed by atoms with E-state index in [-0.39, 0.29) is 5.91 Å². The third-order valence-electron chi connectivity index (χ3n) is 3.08. The molecule has 0 aliphatic carbocycles. The number of aromatic nitrogens is 1. The number of rotatable bonds is 4. The zero-order valence-corrected chi connectivity index (χ0v) is 10.7. The molecule has 0 aromatic carbocycles. The fourth-order valence-corrected chi connectivity index (χ4v) is 2.06. The zero-order chi connectivity index (χ0) is 13.0. The first-order valence-electron chi connectivity index (χ1n) is 6.17. The molecular formula is C12H20N4O2. The van der Waals surface area contributed by atoms with Crippen molar-refractivity contribution in [1.29, 1.82) is 0 Å². The second-order valence-electron chi connectivity index (χ2n) is 4.48. The van der Waals surface area contributed by atoms with E-state index in [2.05, 4.69) is 10.2 Å². The van der Waals surface area contributed by atoms with Crippen molar-refractivity contribution in [3.63, 3.8) is 0 Å². The molecule has 6 heteroatoms. The number of nitrogen functional groups attached to an aromatic ring is 1. The van der Waals surface area contributed by atoms with Crippen LogP contribution in [-0.4, -0.2) is 54.8 Å². The Kier molecular flexibility index (Phi) is 4.22. The Hall–Kier alpha value is -1.53. The van der Waals surface area contributed by atoms with Gasteiger partial charge in [0.15, 0.2) is 0 Å². The molecule has 1 aromatic heterocycles. The molecule has 2 rings (SSSR count). The minimum atomic E-state index is -0.0811. The number of nitrogens with one attached hydrogen (secondary N) is 1. The third kappa shape index (κ3) is 3.24. The summed E-state index contributed by atoms with van der Waals surface area (Å²) >= 11 is 0. The molecule has 0 atom stereocenters. The van der Waals surface area contributed by atoms with Crippen molar-refractivity contribution in [2.24, 2.45) is 7.05 Å². The summed E-state index contributed by atoms with van der Waals surface area (Å²) in [6.45, 7) is 4.93. The normalized spacial score (nSPS) is 16.7. The Morgan fingerprint density at radius 1 is 1.50 bits per heavy atom. The van der Waals surface area contributed by atoms with E-state index in [0.29, 0.717) is 17.9 Å². The molecule has 1 aliphatic rings. The molecule has 3 N–H and O–H groups in total. The highest BCUT2D eigenvalue weighted by Gasteiger charge is 2.12. The summed E-state index contributed by atoms with van der Waals surface area (Å²) in [4.78, 5) is 14.2. The van der Waals surface area contributed by atoms with E-state index in [1.807, 2.05) is 7.05 Å². The lowest BCUT2D eigenvalue weighted by atomic mass is 10.3. The van der Waals surface area contributed by atoms with Gasteiger partial charge in [0.2, 0.25) is 0 Å². The summed E-state index contributed by atoms with van der Waals surface area (Å²) in [5, 5.41) is 2.90. The van der Waals surface area contributed by atoms with Gasteiger partial charge in [0.1, 0.15) is 5.69 Å². The highest BCUT2D eigenvalue weighted by Crippen LogP contribution is 2.08. The average molecular weight is 252 g/mol. The molecule has 1 aromatic rings. The van der Waals surface area contributed by atoms with Crippen molar-refractivity contribution >= 4 is 11.6 Å². The topological polar surface area (TPSA) is 72.5 Å². The van der Waals surface area contributed by atoms with Gasteiger partial charge in [-0.15, -0.1) is 0 Å². The predicted octanol–water partition coefficient (Wildman–Crippen LogP) is -0.331. The maximum Gasteiger partial charge on any atom is 0.268 e. The number of nitrogens with two attached hydrogens (primary N) is 1. The smallest absolute Gasteiger partial charge is 0.268 e. The summed E-state index contributed by atoms with van der Waals surface area (Å²) in [7, 11) is 1.81. The van der Waals surface area contributed by atoms with Crippen LogP contribution in [0.1, 0.15) is 10.5 Å². The van der Waals surface area contributed by atoms with Crippen LogP contribution >= 0.6 is 0 Å². The van der Waals surface area contributed by atoms with Crippen LogP contribution in [0.2, 0.25) is 0 Å². The monoisotopic (exact) mass is 252 g/mol. The second kappa shape index (κ2) is 5.88. The van der Waals surface area contributed by atoms with Crippen molar-refractivity contribution in [3.8, 4) is 0 Å². The molecule has 0 radical (unpaired) electrons. The summed E-state index contributed by atoms with van der Waals surface area (Å²) in [5.41, 5.74) is 6.84. The Balaban J connectivity index is 1.76. The Morgan fingerprint density at radius 3 is 2.83 bits per heavy atom. The second-order valence-corrected chi connectivity index (χ2v) is 4.48. The summed E-state index contributed by atoms with van der Waals surface area (Å²) in [6, 6.07) is 1.68. The van der Waals surface area contributed by atoms with Crippen molar-refractivity contribution in [2.45, 2.75) is 0 Å². The van der Waals surface area contributed by atoms with Crippen LogP contribution in [0.4, 0.5) is 5.69 Å². The number of carbonyl (C=O) groups excluding carboxylic acids is 1. The SMILES string of the molecule is Cn1cc(N)cc1C(=O)NCCN1CCOCC1. The highest BCUT2D eigenvalue weighted by atomic mass is 16.5. The van der Waals surface area contributed by atoms with Crippen molar-refractivity contribution in [3.05, 3.63) is 18.0 Å². The summed E-state index contributed by atoms with van der Waals surface area (Å²) < 4.78 is 7.00. The molecule has 0 unspecified atom stereocenters. The number of hydrogen-bond donors (Lipinski definition) is 2. The number of carbonyl (C=O) groups is 1. The first kappa shape index (κ1) is 12.9. The van der Waals surface area contributed by atoms with Gasteiger partial charge in [0, 0.05) is 39.4 Å². The van der Waals surface area contributed by atoms with Crippen LogP contribution in [0.25, 0.3) is 0 Å². The molecule has 0 bridgehead atoms. The van der Waals surface area contributed by atoms with E-state index >= 15 is 0 Å². The maximum absolute atomic E-state index is 11.9. The molecule has 18 heavy (non-hydrogen) atoms. The first-order chi connectivity index (χ1) is 8.66. The van der Waals surface area contributed by atoms with Crippen LogP contribution in [-0.2, 0) is 11.8 Å². The lowest BCUT2D eigenvalue weighted by Crippen LogP contribution is -2.41. The number of anilines is 1. The third-order valence-corrected chi connectivity index (χ3v) is 3.08. The number of ether oxygens (including phenoxy) is 1. The van der Waals surface area contributed by atoms with Crippen LogP contribution in [0.5, 0.6) is 0 Å². The van der Waals surface area contributed by atoms with E-state index in [4.69, 9.17) is 10.5 Å². The highest BCUT2D eigenvalue weighted by molar-refractivity contribution is 5.93. The van der Waals surface area contributed by atoms with Crippen LogP contribution in [0, 0.1) is 0 Å².